The first-order valence-corrected chi connectivity index (χ1v) is 8.36. The van der Waals surface area contributed by atoms with Crippen molar-refractivity contribution in [3.63, 3.8) is 0 Å². The standard InChI is InChI=1S/C13H17ClF3N3S/c1-21-12(5-3-2-4-6-12)8-18-10-7-9(13(15,16)17)19-11(14)20-10/h7H,2-6,8H2,1H3,(H,18,19,20). The van der Waals surface area contributed by atoms with E-state index in [1.165, 1.54) is 6.42 Å². The molecule has 1 aromatic heterocycles. The van der Waals surface area contributed by atoms with E-state index in [4.69, 9.17) is 11.6 Å². The van der Waals surface area contributed by atoms with Crippen molar-refractivity contribution in [2.24, 2.45) is 0 Å². The summed E-state index contributed by atoms with van der Waals surface area (Å²) in [6.07, 6.45) is 3.17. The highest BCUT2D eigenvalue weighted by atomic mass is 35.5. The van der Waals surface area contributed by atoms with E-state index in [0.717, 1.165) is 31.7 Å². The van der Waals surface area contributed by atoms with E-state index in [0.29, 0.717) is 6.54 Å². The zero-order chi connectivity index (χ0) is 15.5. The molecule has 3 nitrogen and oxygen atoms in total. The molecule has 0 radical (unpaired) electrons. The maximum atomic E-state index is 12.7. The summed E-state index contributed by atoms with van der Waals surface area (Å²) in [5.41, 5.74) is -1.02. The fourth-order valence-electron chi connectivity index (χ4n) is 2.55. The van der Waals surface area contributed by atoms with E-state index < -0.39 is 17.2 Å². The Kier molecular flexibility index (Phi) is 5.24. The van der Waals surface area contributed by atoms with Crippen LogP contribution in [0.15, 0.2) is 6.07 Å². The van der Waals surface area contributed by atoms with Gasteiger partial charge in [-0.05, 0) is 30.7 Å². The van der Waals surface area contributed by atoms with Gasteiger partial charge in [0.1, 0.15) is 5.82 Å². The van der Waals surface area contributed by atoms with Crippen molar-refractivity contribution in [1.82, 2.24) is 9.97 Å². The third-order valence-electron chi connectivity index (χ3n) is 3.78. The lowest BCUT2D eigenvalue weighted by Gasteiger charge is -2.36. The molecular weight excluding hydrogens is 323 g/mol. The number of halogens is 4. The van der Waals surface area contributed by atoms with Gasteiger partial charge in [-0.25, -0.2) is 9.97 Å². The molecule has 118 valence electrons. The van der Waals surface area contributed by atoms with E-state index in [9.17, 15) is 13.2 Å². The Labute approximate surface area is 131 Å². The summed E-state index contributed by atoms with van der Waals surface area (Å²) < 4.78 is 38.2. The van der Waals surface area contributed by atoms with Crippen LogP contribution in [-0.2, 0) is 6.18 Å². The van der Waals surface area contributed by atoms with Crippen LogP contribution in [0.4, 0.5) is 19.0 Å². The number of rotatable bonds is 4. The van der Waals surface area contributed by atoms with Crippen LogP contribution in [0.2, 0.25) is 5.28 Å². The van der Waals surface area contributed by atoms with Crippen LogP contribution in [0, 0.1) is 0 Å². The van der Waals surface area contributed by atoms with Gasteiger partial charge in [-0.15, -0.1) is 0 Å². The minimum atomic E-state index is -4.52. The lowest BCUT2D eigenvalue weighted by atomic mass is 9.88. The fourth-order valence-corrected chi connectivity index (χ4v) is 3.65. The maximum Gasteiger partial charge on any atom is 0.433 e. The first kappa shape index (κ1) is 16.7. The Hall–Kier alpha value is -0.690. The van der Waals surface area contributed by atoms with Crippen LogP contribution in [0.25, 0.3) is 0 Å². The first-order valence-electron chi connectivity index (χ1n) is 6.75. The second-order valence-corrected chi connectivity index (χ2v) is 6.82. The number of thioether (sulfide) groups is 1. The summed E-state index contributed by atoms with van der Waals surface area (Å²) in [5.74, 6) is 0.126. The molecule has 1 heterocycles. The minimum Gasteiger partial charge on any atom is -0.369 e. The van der Waals surface area contributed by atoms with Crippen molar-refractivity contribution in [2.45, 2.75) is 43.0 Å². The molecule has 1 aromatic rings. The smallest absolute Gasteiger partial charge is 0.369 e. The van der Waals surface area contributed by atoms with E-state index in [-0.39, 0.29) is 10.6 Å². The molecule has 8 heteroatoms. The predicted molar refractivity (Wildman–Crippen MR) is 79.9 cm³/mol. The molecule has 0 atom stereocenters. The second kappa shape index (κ2) is 6.60. The van der Waals surface area contributed by atoms with Crippen molar-refractivity contribution >= 4 is 29.2 Å². The van der Waals surface area contributed by atoms with Crippen molar-refractivity contribution in [2.75, 3.05) is 18.1 Å². The molecular formula is C13H17ClF3N3S. The zero-order valence-corrected chi connectivity index (χ0v) is 13.2. The van der Waals surface area contributed by atoms with Gasteiger partial charge in [0.2, 0.25) is 5.28 Å². The number of alkyl halides is 3. The Bertz CT molecular complexity index is 490. The molecule has 0 spiro atoms. The highest BCUT2D eigenvalue weighted by Crippen LogP contribution is 2.38. The molecule has 0 saturated heterocycles. The van der Waals surface area contributed by atoms with Crippen LogP contribution in [0.1, 0.15) is 37.8 Å². The monoisotopic (exact) mass is 339 g/mol. The van der Waals surface area contributed by atoms with Gasteiger partial charge in [-0.2, -0.15) is 24.9 Å². The second-order valence-electron chi connectivity index (χ2n) is 5.21. The first-order chi connectivity index (χ1) is 9.85. The third-order valence-corrected chi connectivity index (χ3v) is 5.37. The van der Waals surface area contributed by atoms with Gasteiger partial charge in [-0.3, -0.25) is 0 Å². The SMILES string of the molecule is CSC1(CNc2cc(C(F)(F)F)nc(Cl)n2)CCCCC1. The number of aromatic nitrogens is 2. The summed E-state index contributed by atoms with van der Waals surface area (Å²) >= 11 is 7.34. The van der Waals surface area contributed by atoms with Crippen molar-refractivity contribution in [3.8, 4) is 0 Å². The van der Waals surface area contributed by atoms with Crippen LogP contribution in [0.5, 0.6) is 0 Å². The van der Waals surface area contributed by atoms with E-state index in [1.54, 1.807) is 11.8 Å². The predicted octanol–water partition coefficient (Wildman–Crippen LogP) is 4.63. The molecule has 0 aliphatic heterocycles. The molecule has 1 N–H and O–H groups in total. The quantitative estimate of drug-likeness (QED) is 0.812. The summed E-state index contributed by atoms with van der Waals surface area (Å²) in [5, 5.41) is 2.61. The topological polar surface area (TPSA) is 37.8 Å². The van der Waals surface area contributed by atoms with E-state index in [1.807, 2.05) is 6.26 Å². The van der Waals surface area contributed by atoms with Crippen molar-refractivity contribution in [1.29, 1.82) is 0 Å². The van der Waals surface area contributed by atoms with Gasteiger partial charge >= 0.3 is 6.18 Å². The van der Waals surface area contributed by atoms with Crippen LogP contribution in [-0.4, -0.2) is 27.5 Å². The number of nitrogens with one attached hydrogen (secondary N) is 1. The highest BCUT2D eigenvalue weighted by molar-refractivity contribution is 8.00. The van der Waals surface area contributed by atoms with E-state index in [2.05, 4.69) is 15.3 Å². The average molecular weight is 340 g/mol. The Balaban J connectivity index is 2.10. The Morgan fingerprint density at radius 2 is 1.95 bits per heavy atom. The lowest BCUT2D eigenvalue weighted by Crippen LogP contribution is -2.35. The van der Waals surface area contributed by atoms with Crippen molar-refractivity contribution < 1.29 is 13.2 Å². The molecule has 1 aliphatic carbocycles. The van der Waals surface area contributed by atoms with Gasteiger partial charge in [0.15, 0.2) is 5.69 Å². The number of nitrogens with zero attached hydrogens (tertiary/aromatic N) is 2. The zero-order valence-electron chi connectivity index (χ0n) is 11.6. The fraction of sp³-hybridized carbons (Fsp3) is 0.692. The molecule has 0 unspecified atom stereocenters. The largest absolute Gasteiger partial charge is 0.433 e. The molecule has 0 bridgehead atoms. The lowest BCUT2D eigenvalue weighted by molar-refractivity contribution is -0.141. The van der Waals surface area contributed by atoms with Crippen molar-refractivity contribution in [3.05, 3.63) is 17.0 Å². The summed E-state index contributed by atoms with van der Waals surface area (Å²) in [6, 6.07) is 0.905. The molecule has 0 amide bonds. The number of anilines is 1. The number of hydrogen-bond donors (Lipinski definition) is 1. The minimum absolute atomic E-state index is 0.0636. The maximum absolute atomic E-state index is 12.7. The van der Waals surface area contributed by atoms with Gasteiger partial charge in [0.25, 0.3) is 0 Å². The van der Waals surface area contributed by atoms with E-state index >= 15 is 0 Å². The number of hydrogen-bond acceptors (Lipinski definition) is 4. The van der Waals surface area contributed by atoms with Gasteiger partial charge in [0.05, 0.1) is 0 Å². The summed E-state index contributed by atoms with van der Waals surface area (Å²) in [4.78, 5) is 7.05. The third kappa shape index (κ3) is 4.39. The molecule has 0 aromatic carbocycles. The molecule has 1 saturated carbocycles. The summed E-state index contributed by atoms with van der Waals surface area (Å²) in [6.45, 7) is 0.582. The normalized spacial score (nSPS) is 18.5. The average Bonchev–Trinajstić information content (AvgIpc) is 2.45. The molecule has 1 fully saturated rings. The Morgan fingerprint density at radius 3 is 2.52 bits per heavy atom. The van der Waals surface area contributed by atoms with Crippen LogP contribution < -0.4 is 5.32 Å². The van der Waals surface area contributed by atoms with Gasteiger partial charge in [-0.1, -0.05) is 19.3 Å². The van der Waals surface area contributed by atoms with Crippen LogP contribution in [0.3, 0.4) is 0 Å². The van der Waals surface area contributed by atoms with Crippen LogP contribution >= 0.6 is 23.4 Å². The molecule has 21 heavy (non-hydrogen) atoms. The Morgan fingerprint density at radius 1 is 1.29 bits per heavy atom. The molecule has 2 rings (SSSR count). The molecule has 1 aliphatic rings. The van der Waals surface area contributed by atoms with Gasteiger partial charge in [0, 0.05) is 17.4 Å². The van der Waals surface area contributed by atoms with Gasteiger partial charge < -0.3 is 5.32 Å². The highest BCUT2D eigenvalue weighted by Gasteiger charge is 2.34. The summed E-state index contributed by atoms with van der Waals surface area (Å²) in [7, 11) is 0.